The van der Waals surface area contributed by atoms with Crippen molar-refractivity contribution in [2.75, 3.05) is 12.0 Å². The molecular formula is C12H17FN2O2S2. The maximum atomic E-state index is 13.7. The molecule has 0 spiro atoms. The number of nitrogens with one attached hydrogen (secondary N) is 1. The highest BCUT2D eigenvalue weighted by molar-refractivity contribution is 7.99. The number of nitrogens with two attached hydrogens (primary N) is 1. The number of thioether (sulfide) groups is 1. The summed E-state index contributed by atoms with van der Waals surface area (Å²) in [6.45, 7) is 0. The third kappa shape index (κ3) is 3.40. The van der Waals surface area contributed by atoms with Crippen LogP contribution in [0.4, 0.5) is 10.1 Å². The van der Waals surface area contributed by atoms with E-state index in [2.05, 4.69) is 4.72 Å². The first-order valence-corrected chi connectivity index (χ1v) is 8.79. The lowest BCUT2D eigenvalue weighted by atomic mass is 10.3. The highest BCUT2D eigenvalue weighted by Crippen LogP contribution is 2.29. The lowest BCUT2D eigenvalue weighted by Crippen LogP contribution is -2.33. The molecule has 0 saturated heterocycles. The second-order valence-corrected chi connectivity index (χ2v) is 7.50. The Labute approximate surface area is 117 Å². The molecule has 1 fully saturated rings. The van der Waals surface area contributed by atoms with E-state index in [0.29, 0.717) is 5.25 Å². The van der Waals surface area contributed by atoms with Gasteiger partial charge in [-0.3, -0.25) is 0 Å². The van der Waals surface area contributed by atoms with E-state index < -0.39 is 15.8 Å². The lowest BCUT2D eigenvalue weighted by Gasteiger charge is -2.14. The van der Waals surface area contributed by atoms with Crippen LogP contribution in [-0.4, -0.2) is 26.0 Å². The van der Waals surface area contributed by atoms with Crippen LogP contribution in [0.15, 0.2) is 23.1 Å². The Hall–Kier alpha value is -0.790. The summed E-state index contributed by atoms with van der Waals surface area (Å²) < 4.78 is 40.5. The van der Waals surface area contributed by atoms with Crippen LogP contribution in [0.2, 0.25) is 0 Å². The van der Waals surface area contributed by atoms with Gasteiger partial charge in [0.15, 0.2) is 0 Å². The van der Waals surface area contributed by atoms with E-state index in [-0.39, 0.29) is 16.6 Å². The summed E-state index contributed by atoms with van der Waals surface area (Å²) in [4.78, 5) is -0.339. The minimum Gasteiger partial charge on any atom is -0.399 e. The molecule has 1 saturated carbocycles. The van der Waals surface area contributed by atoms with Crippen molar-refractivity contribution in [1.29, 1.82) is 0 Å². The Morgan fingerprint density at radius 2 is 2.16 bits per heavy atom. The van der Waals surface area contributed by atoms with E-state index in [1.165, 1.54) is 12.1 Å². The third-order valence-electron chi connectivity index (χ3n) is 3.29. The van der Waals surface area contributed by atoms with Gasteiger partial charge in [-0.05, 0) is 43.7 Å². The van der Waals surface area contributed by atoms with Crippen LogP contribution in [0.1, 0.15) is 19.3 Å². The van der Waals surface area contributed by atoms with Crippen molar-refractivity contribution in [3.63, 3.8) is 0 Å². The molecule has 19 heavy (non-hydrogen) atoms. The zero-order chi connectivity index (χ0) is 14.0. The fourth-order valence-corrected chi connectivity index (χ4v) is 4.42. The van der Waals surface area contributed by atoms with Crippen molar-refractivity contribution in [2.45, 2.75) is 35.4 Å². The van der Waals surface area contributed by atoms with Crippen LogP contribution < -0.4 is 10.5 Å². The van der Waals surface area contributed by atoms with Gasteiger partial charge in [0.2, 0.25) is 10.0 Å². The molecule has 3 N–H and O–H groups in total. The average Bonchev–Trinajstić information content (AvgIpc) is 2.75. The van der Waals surface area contributed by atoms with Gasteiger partial charge in [-0.2, -0.15) is 11.8 Å². The molecule has 4 nitrogen and oxygen atoms in total. The van der Waals surface area contributed by atoms with Crippen LogP contribution in [0.5, 0.6) is 0 Å². The van der Waals surface area contributed by atoms with E-state index in [0.717, 1.165) is 25.3 Å². The van der Waals surface area contributed by atoms with Crippen LogP contribution in [0.25, 0.3) is 0 Å². The molecule has 2 rings (SSSR count). The van der Waals surface area contributed by atoms with Crippen LogP contribution >= 0.6 is 11.8 Å². The van der Waals surface area contributed by atoms with Crippen LogP contribution in [0.3, 0.4) is 0 Å². The first kappa shape index (κ1) is 14.6. The van der Waals surface area contributed by atoms with Crippen molar-refractivity contribution in [3.8, 4) is 0 Å². The van der Waals surface area contributed by atoms with E-state index >= 15 is 0 Å². The topological polar surface area (TPSA) is 72.2 Å². The zero-order valence-electron chi connectivity index (χ0n) is 10.6. The number of hydrogen-bond acceptors (Lipinski definition) is 4. The standard InChI is InChI=1S/C12H17FN2O2S2/c1-18-10-4-3-9(7-10)15-19(16,17)12-5-2-8(14)6-11(12)13/h2,5-6,9-10,15H,3-4,7,14H2,1H3. The van der Waals surface area contributed by atoms with Crippen molar-refractivity contribution < 1.29 is 12.8 Å². The van der Waals surface area contributed by atoms with Crippen molar-refractivity contribution in [3.05, 3.63) is 24.0 Å². The highest BCUT2D eigenvalue weighted by atomic mass is 32.2. The molecule has 1 aromatic rings. The Morgan fingerprint density at radius 3 is 2.74 bits per heavy atom. The second-order valence-electron chi connectivity index (χ2n) is 4.68. The van der Waals surface area contributed by atoms with Gasteiger partial charge in [-0.25, -0.2) is 17.5 Å². The maximum absolute atomic E-state index is 13.7. The highest BCUT2D eigenvalue weighted by Gasteiger charge is 2.29. The maximum Gasteiger partial charge on any atom is 0.243 e. The molecule has 0 aromatic heterocycles. The second kappa shape index (κ2) is 5.68. The zero-order valence-corrected chi connectivity index (χ0v) is 12.2. The van der Waals surface area contributed by atoms with Gasteiger partial charge in [0.1, 0.15) is 10.7 Å². The molecule has 2 unspecified atom stereocenters. The molecule has 0 amide bonds. The molecular weight excluding hydrogens is 287 g/mol. The van der Waals surface area contributed by atoms with Gasteiger partial charge in [0.25, 0.3) is 0 Å². The van der Waals surface area contributed by atoms with Gasteiger partial charge in [-0.15, -0.1) is 0 Å². The van der Waals surface area contributed by atoms with Crippen molar-refractivity contribution in [1.82, 2.24) is 4.72 Å². The molecule has 1 aromatic carbocycles. The average molecular weight is 304 g/mol. The molecule has 0 heterocycles. The SMILES string of the molecule is CSC1CCC(NS(=O)(=O)c2ccc(N)cc2F)C1. The molecule has 1 aliphatic rings. The fourth-order valence-electron chi connectivity index (χ4n) is 2.28. The van der Waals surface area contributed by atoms with E-state index in [9.17, 15) is 12.8 Å². The lowest BCUT2D eigenvalue weighted by molar-refractivity contribution is 0.537. The minimum atomic E-state index is -3.81. The predicted octanol–water partition coefficient (Wildman–Crippen LogP) is 1.97. The normalized spacial score (nSPS) is 23.7. The quantitative estimate of drug-likeness (QED) is 0.834. The number of halogens is 1. The number of rotatable bonds is 4. The summed E-state index contributed by atoms with van der Waals surface area (Å²) in [6.07, 6.45) is 4.58. The number of hydrogen-bond donors (Lipinski definition) is 2. The largest absolute Gasteiger partial charge is 0.399 e. The summed E-state index contributed by atoms with van der Waals surface area (Å²) >= 11 is 1.74. The monoisotopic (exact) mass is 304 g/mol. The Balaban J connectivity index is 2.14. The summed E-state index contributed by atoms with van der Waals surface area (Å²) in [5.41, 5.74) is 5.62. The summed E-state index contributed by atoms with van der Waals surface area (Å²) in [6, 6.07) is 3.50. The smallest absolute Gasteiger partial charge is 0.243 e. The van der Waals surface area contributed by atoms with E-state index in [1.807, 2.05) is 6.26 Å². The molecule has 7 heteroatoms. The minimum absolute atomic E-state index is 0.112. The van der Waals surface area contributed by atoms with Gasteiger partial charge in [-0.1, -0.05) is 0 Å². The number of anilines is 1. The predicted molar refractivity (Wildman–Crippen MR) is 76.1 cm³/mol. The molecule has 1 aliphatic carbocycles. The first-order chi connectivity index (χ1) is 8.92. The van der Waals surface area contributed by atoms with Gasteiger partial charge < -0.3 is 5.73 Å². The molecule has 106 valence electrons. The Morgan fingerprint density at radius 1 is 1.42 bits per heavy atom. The summed E-state index contributed by atoms with van der Waals surface area (Å²) in [5, 5.41) is 0.476. The Kier molecular flexibility index (Phi) is 4.37. The number of benzene rings is 1. The Bertz CT molecular complexity index is 563. The van der Waals surface area contributed by atoms with Gasteiger partial charge in [0.05, 0.1) is 0 Å². The van der Waals surface area contributed by atoms with Gasteiger partial charge >= 0.3 is 0 Å². The van der Waals surface area contributed by atoms with Crippen LogP contribution in [-0.2, 0) is 10.0 Å². The first-order valence-electron chi connectivity index (χ1n) is 6.02. The third-order valence-corrected chi connectivity index (χ3v) is 5.93. The van der Waals surface area contributed by atoms with Crippen molar-refractivity contribution >= 4 is 27.5 Å². The molecule has 0 bridgehead atoms. The number of nitrogen functional groups attached to an aromatic ring is 1. The number of sulfonamides is 1. The van der Waals surface area contributed by atoms with Crippen molar-refractivity contribution in [2.24, 2.45) is 0 Å². The molecule has 0 aliphatic heterocycles. The van der Waals surface area contributed by atoms with Crippen LogP contribution in [0, 0.1) is 5.82 Å². The van der Waals surface area contributed by atoms with Gasteiger partial charge in [0, 0.05) is 17.0 Å². The van der Waals surface area contributed by atoms with E-state index in [1.54, 1.807) is 11.8 Å². The fraction of sp³-hybridized carbons (Fsp3) is 0.500. The summed E-state index contributed by atoms with van der Waals surface area (Å²) in [7, 11) is -3.81. The molecule has 0 radical (unpaired) electrons. The molecule has 2 atom stereocenters. The van der Waals surface area contributed by atoms with E-state index in [4.69, 9.17) is 5.73 Å². The summed E-state index contributed by atoms with van der Waals surface area (Å²) in [5.74, 6) is -0.813.